The SMILES string of the molecule is COc1cccc(Nc2nnc(C3(C)OCCc4cc(OC)c(OC)c(OC)c43)s2)c1. The zero-order valence-electron chi connectivity index (χ0n) is 18.1. The summed E-state index contributed by atoms with van der Waals surface area (Å²) < 4.78 is 28.4. The first-order chi connectivity index (χ1) is 15.0. The lowest BCUT2D eigenvalue weighted by Gasteiger charge is -2.36. The highest BCUT2D eigenvalue weighted by molar-refractivity contribution is 7.15. The predicted molar refractivity (Wildman–Crippen MR) is 118 cm³/mol. The summed E-state index contributed by atoms with van der Waals surface area (Å²) in [5, 5.41) is 13.4. The lowest BCUT2D eigenvalue weighted by molar-refractivity contribution is -0.0167. The van der Waals surface area contributed by atoms with Crippen LogP contribution in [0.2, 0.25) is 0 Å². The fraction of sp³-hybridized carbons (Fsp3) is 0.364. The zero-order valence-corrected chi connectivity index (χ0v) is 19.0. The molecule has 164 valence electrons. The molecule has 0 saturated heterocycles. The Bertz CT molecular complexity index is 1090. The molecule has 1 aliphatic rings. The van der Waals surface area contributed by atoms with Crippen molar-refractivity contribution in [3.05, 3.63) is 46.5 Å². The van der Waals surface area contributed by atoms with Gasteiger partial charge in [0.15, 0.2) is 16.5 Å². The Hall–Kier alpha value is -3.04. The van der Waals surface area contributed by atoms with Crippen LogP contribution in [0.5, 0.6) is 23.0 Å². The molecule has 8 nitrogen and oxygen atoms in total. The van der Waals surface area contributed by atoms with Crippen molar-refractivity contribution in [3.63, 3.8) is 0 Å². The van der Waals surface area contributed by atoms with Gasteiger partial charge in [0, 0.05) is 17.3 Å². The Morgan fingerprint density at radius 3 is 2.52 bits per heavy atom. The predicted octanol–water partition coefficient (Wildman–Crippen LogP) is 4.15. The van der Waals surface area contributed by atoms with Gasteiger partial charge in [-0.05, 0) is 37.1 Å². The van der Waals surface area contributed by atoms with Crippen LogP contribution in [0.15, 0.2) is 30.3 Å². The van der Waals surface area contributed by atoms with Gasteiger partial charge in [0.1, 0.15) is 11.4 Å². The molecule has 1 atom stereocenters. The van der Waals surface area contributed by atoms with E-state index >= 15 is 0 Å². The van der Waals surface area contributed by atoms with E-state index in [9.17, 15) is 0 Å². The molecule has 1 unspecified atom stereocenters. The number of anilines is 2. The molecule has 0 saturated carbocycles. The lowest BCUT2D eigenvalue weighted by Crippen LogP contribution is -2.34. The van der Waals surface area contributed by atoms with E-state index in [2.05, 4.69) is 15.5 Å². The van der Waals surface area contributed by atoms with Gasteiger partial charge in [-0.15, -0.1) is 10.2 Å². The molecule has 0 spiro atoms. The third-order valence-electron chi connectivity index (χ3n) is 5.30. The highest BCUT2D eigenvalue weighted by Gasteiger charge is 2.43. The number of nitrogens with one attached hydrogen (secondary N) is 1. The van der Waals surface area contributed by atoms with Crippen LogP contribution in [0.25, 0.3) is 0 Å². The monoisotopic (exact) mass is 443 g/mol. The van der Waals surface area contributed by atoms with Crippen LogP contribution >= 0.6 is 11.3 Å². The van der Waals surface area contributed by atoms with Crippen LogP contribution in [0.1, 0.15) is 23.1 Å². The molecule has 1 aliphatic heterocycles. The molecule has 31 heavy (non-hydrogen) atoms. The van der Waals surface area contributed by atoms with Gasteiger partial charge in [0.2, 0.25) is 10.9 Å². The maximum absolute atomic E-state index is 6.28. The molecule has 0 aliphatic carbocycles. The number of benzene rings is 2. The molecule has 0 amide bonds. The maximum atomic E-state index is 6.28. The first kappa shape index (κ1) is 21.2. The smallest absolute Gasteiger partial charge is 0.210 e. The Morgan fingerprint density at radius 1 is 1.00 bits per heavy atom. The highest BCUT2D eigenvalue weighted by atomic mass is 32.1. The van der Waals surface area contributed by atoms with Crippen LogP contribution in [-0.2, 0) is 16.8 Å². The molecule has 2 aromatic carbocycles. The third kappa shape index (κ3) is 3.75. The fourth-order valence-electron chi connectivity index (χ4n) is 3.82. The summed E-state index contributed by atoms with van der Waals surface area (Å²) in [7, 11) is 6.46. The largest absolute Gasteiger partial charge is 0.497 e. The molecular weight excluding hydrogens is 418 g/mol. The van der Waals surface area contributed by atoms with Gasteiger partial charge < -0.3 is 29.0 Å². The second kappa shape index (κ2) is 8.60. The van der Waals surface area contributed by atoms with Crippen LogP contribution in [-0.4, -0.2) is 45.2 Å². The molecule has 0 fully saturated rings. The Morgan fingerprint density at radius 2 is 1.81 bits per heavy atom. The fourth-order valence-corrected chi connectivity index (χ4v) is 4.69. The van der Waals surface area contributed by atoms with Gasteiger partial charge in [0.05, 0.1) is 35.0 Å². The molecule has 1 aromatic heterocycles. The molecule has 4 rings (SSSR count). The first-order valence-electron chi connectivity index (χ1n) is 9.75. The number of fused-ring (bicyclic) bond motifs is 1. The van der Waals surface area contributed by atoms with Gasteiger partial charge in [-0.3, -0.25) is 0 Å². The van der Waals surface area contributed by atoms with Crippen molar-refractivity contribution in [2.75, 3.05) is 40.4 Å². The molecule has 9 heteroatoms. The Kier molecular flexibility index (Phi) is 5.88. The first-order valence-corrected chi connectivity index (χ1v) is 10.6. The van der Waals surface area contributed by atoms with Crippen molar-refractivity contribution in [1.29, 1.82) is 0 Å². The number of rotatable bonds is 7. The minimum atomic E-state index is -0.843. The van der Waals surface area contributed by atoms with E-state index in [1.54, 1.807) is 28.4 Å². The lowest BCUT2D eigenvalue weighted by atomic mass is 9.86. The number of hydrogen-bond acceptors (Lipinski definition) is 9. The van der Waals surface area contributed by atoms with Crippen molar-refractivity contribution in [2.45, 2.75) is 18.9 Å². The number of aromatic nitrogens is 2. The van der Waals surface area contributed by atoms with Crippen LogP contribution in [0.3, 0.4) is 0 Å². The topological polar surface area (TPSA) is 84.0 Å². The standard InChI is InChI=1S/C22H25N3O5S/c1-22(20-24-25-21(31-20)23-14-7-6-8-15(12-14)26-2)17-13(9-10-30-22)11-16(27-3)18(28-4)19(17)29-5/h6-8,11-12H,9-10H2,1-5H3,(H,23,25). The third-order valence-corrected chi connectivity index (χ3v) is 6.35. The molecular formula is C22H25N3O5S. The van der Waals surface area contributed by atoms with Gasteiger partial charge in [-0.25, -0.2) is 0 Å². The van der Waals surface area contributed by atoms with Crippen molar-refractivity contribution in [2.24, 2.45) is 0 Å². The minimum Gasteiger partial charge on any atom is -0.497 e. The molecule has 1 N–H and O–H groups in total. The molecule has 2 heterocycles. The molecule has 0 bridgehead atoms. The summed E-state index contributed by atoms with van der Waals surface area (Å²) in [6.45, 7) is 2.52. The highest BCUT2D eigenvalue weighted by Crippen LogP contribution is 2.51. The summed E-state index contributed by atoms with van der Waals surface area (Å²) in [6, 6.07) is 9.62. The molecule has 3 aromatic rings. The maximum Gasteiger partial charge on any atom is 0.210 e. The Balaban J connectivity index is 1.75. The van der Waals surface area contributed by atoms with Gasteiger partial charge >= 0.3 is 0 Å². The van der Waals surface area contributed by atoms with Crippen molar-refractivity contribution in [1.82, 2.24) is 10.2 Å². The van der Waals surface area contributed by atoms with Gasteiger partial charge in [-0.2, -0.15) is 0 Å². The summed E-state index contributed by atoms with van der Waals surface area (Å²) in [5.41, 5.74) is 1.97. The zero-order chi connectivity index (χ0) is 22.0. The number of ether oxygens (including phenoxy) is 5. The Labute approximate surface area is 185 Å². The van der Waals surface area contributed by atoms with Crippen LogP contribution in [0, 0.1) is 0 Å². The van der Waals surface area contributed by atoms with E-state index in [-0.39, 0.29) is 0 Å². The van der Waals surface area contributed by atoms with Crippen molar-refractivity contribution in [3.8, 4) is 23.0 Å². The second-order valence-corrected chi connectivity index (χ2v) is 8.06. The normalized spacial score (nSPS) is 17.6. The van der Waals surface area contributed by atoms with Crippen LogP contribution in [0.4, 0.5) is 10.8 Å². The quantitative estimate of drug-likeness (QED) is 0.583. The van der Waals surface area contributed by atoms with Crippen molar-refractivity contribution < 1.29 is 23.7 Å². The van der Waals surface area contributed by atoms with E-state index in [4.69, 9.17) is 23.7 Å². The van der Waals surface area contributed by atoms with E-state index in [0.717, 1.165) is 29.0 Å². The number of nitrogens with zero attached hydrogens (tertiary/aromatic N) is 2. The number of hydrogen-bond donors (Lipinski definition) is 1. The van der Waals surface area contributed by atoms with E-state index < -0.39 is 5.60 Å². The van der Waals surface area contributed by atoms with Gasteiger partial charge in [0.25, 0.3) is 0 Å². The van der Waals surface area contributed by atoms with E-state index in [0.29, 0.717) is 34.0 Å². The number of methoxy groups -OCH3 is 4. The van der Waals surface area contributed by atoms with Crippen LogP contribution < -0.4 is 24.3 Å². The average Bonchev–Trinajstić information content (AvgIpc) is 3.27. The molecule has 0 radical (unpaired) electrons. The summed E-state index contributed by atoms with van der Waals surface area (Å²) in [5.74, 6) is 2.49. The second-order valence-electron chi connectivity index (χ2n) is 7.08. The van der Waals surface area contributed by atoms with Crippen molar-refractivity contribution >= 4 is 22.2 Å². The van der Waals surface area contributed by atoms with E-state index in [1.165, 1.54) is 11.3 Å². The summed E-state index contributed by atoms with van der Waals surface area (Å²) in [4.78, 5) is 0. The summed E-state index contributed by atoms with van der Waals surface area (Å²) >= 11 is 1.43. The van der Waals surface area contributed by atoms with Gasteiger partial charge in [-0.1, -0.05) is 17.4 Å². The van der Waals surface area contributed by atoms with E-state index in [1.807, 2.05) is 37.3 Å². The minimum absolute atomic E-state index is 0.528. The average molecular weight is 444 g/mol. The summed E-state index contributed by atoms with van der Waals surface area (Å²) in [6.07, 6.45) is 0.732.